The number of carbonyl (C=O) groups excluding carboxylic acids is 2. The minimum Gasteiger partial charge on any atom is -0.482 e. The van der Waals surface area contributed by atoms with Gasteiger partial charge in [0.1, 0.15) is 5.75 Å². The largest absolute Gasteiger partial charge is 0.482 e. The number of aliphatic hydroxyl groups is 1. The highest BCUT2D eigenvalue weighted by atomic mass is 16.5. The zero-order valence-electron chi connectivity index (χ0n) is 16.8. The monoisotopic (exact) mass is 406 g/mol. The average Bonchev–Trinajstić information content (AvgIpc) is 2.79. The maximum atomic E-state index is 13.5. The number of piperidine rings is 1. The number of fused-ring (bicyclic) bond motifs is 2. The predicted molar refractivity (Wildman–Crippen MR) is 112 cm³/mol. The number of hydrogen-bond acceptors (Lipinski definition) is 4. The van der Waals surface area contributed by atoms with E-state index in [4.69, 9.17) is 4.74 Å². The lowest BCUT2D eigenvalue weighted by Gasteiger charge is -2.52. The van der Waals surface area contributed by atoms with Crippen LogP contribution in [0.4, 0.5) is 5.69 Å². The van der Waals surface area contributed by atoms with Gasteiger partial charge in [0.15, 0.2) is 6.61 Å². The SMILES string of the molecule is O=C1COc2cc(C(=O)N3CC[C@@](O)(c4ccccc4)[C@H]4CCCC[C@H]43)ccc2N1. The number of likely N-dealkylation sites (tertiary alicyclic amines) is 1. The lowest BCUT2D eigenvalue weighted by Crippen LogP contribution is -2.59. The molecular formula is C24H26N2O4. The van der Waals surface area contributed by atoms with Gasteiger partial charge >= 0.3 is 0 Å². The van der Waals surface area contributed by atoms with Crippen LogP contribution in [0.25, 0.3) is 0 Å². The molecule has 3 aliphatic rings. The van der Waals surface area contributed by atoms with Crippen molar-refractivity contribution in [2.75, 3.05) is 18.5 Å². The number of anilines is 1. The summed E-state index contributed by atoms with van der Waals surface area (Å²) in [5.41, 5.74) is 1.20. The number of carbonyl (C=O) groups is 2. The van der Waals surface area contributed by atoms with Crippen molar-refractivity contribution in [3.05, 3.63) is 59.7 Å². The molecule has 2 aromatic rings. The molecule has 0 unspecified atom stereocenters. The van der Waals surface area contributed by atoms with Gasteiger partial charge in [-0.05, 0) is 43.0 Å². The Morgan fingerprint density at radius 2 is 1.93 bits per heavy atom. The Balaban J connectivity index is 1.43. The van der Waals surface area contributed by atoms with Crippen molar-refractivity contribution in [2.45, 2.75) is 43.7 Å². The third-order valence-corrected chi connectivity index (χ3v) is 6.87. The molecule has 2 fully saturated rings. The number of benzene rings is 2. The second kappa shape index (κ2) is 7.43. The van der Waals surface area contributed by atoms with Crippen molar-refractivity contribution in [2.24, 2.45) is 5.92 Å². The van der Waals surface area contributed by atoms with E-state index in [0.29, 0.717) is 30.0 Å². The topological polar surface area (TPSA) is 78.9 Å². The highest BCUT2D eigenvalue weighted by molar-refractivity contribution is 5.99. The van der Waals surface area contributed by atoms with E-state index in [1.54, 1.807) is 18.2 Å². The van der Waals surface area contributed by atoms with Crippen LogP contribution < -0.4 is 10.1 Å². The maximum absolute atomic E-state index is 13.5. The van der Waals surface area contributed by atoms with Crippen molar-refractivity contribution in [3.63, 3.8) is 0 Å². The zero-order valence-corrected chi connectivity index (χ0v) is 16.8. The van der Waals surface area contributed by atoms with Crippen molar-refractivity contribution in [3.8, 4) is 5.75 Å². The molecule has 0 bridgehead atoms. The first-order valence-electron chi connectivity index (χ1n) is 10.7. The number of amides is 2. The van der Waals surface area contributed by atoms with E-state index in [2.05, 4.69) is 5.32 Å². The van der Waals surface area contributed by atoms with Crippen LogP contribution in [0.3, 0.4) is 0 Å². The minimum atomic E-state index is -0.896. The van der Waals surface area contributed by atoms with Crippen LogP contribution in [-0.2, 0) is 10.4 Å². The molecule has 0 aromatic heterocycles. The number of ether oxygens (including phenoxy) is 1. The standard InChI is InChI=1S/C24H26N2O4/c27-22-15-30-21-14-16(10-11-19(21)25-22)23(28)26-13-12-24(29,17-6-2-1-3-7-17)18-8-4-5-9-20(18)26/h1-3,6-7,10-11,14,18,20,29H,4-5,8-9,12-13,15H2,(H,25,27)/t18-,20+,24+/m0/s1. The van der Waals surface area contributed by atoms with E-state index in [1.807, 2.05) is 35.2 Å². The highest BCUT2D eigenvalue weighted by Crippen LogP contribution is 2.47. The quantitative estimate of drug-likeness (QED) is 0.802. The lowest BCUT2D eigenvalue weighted by molar-refractivity contribution is -0.118. The van der Waals surface area contributed by atoms with Gasteiger partial charge in [-0.3, -0.25) is 9.59 Å². The summed E-state index contributed by atoms with van der Waals surface area (Å²) in [7, 11) is 0. The number of rotatable bonds is 2. The van der Waals surface area contributed by atoms with Gasteiger partial charge in [-0.15, -0.1) is 0 Å². The van der Waals surface area contributed by atoms with Gasteiger partial charge in [0, 0.05) is 24.1 Å². The van der Waals surface area contributed by atoms with Crippen molar-refractivity contribution in [1.29, 1.82) is 0 Å². The van der Waals surface area contributed by atoms with Gasteiger partial charge in [0.25, 0.3) is 11.8 Å². The molecule has 2 aliphatic heterocycles. The van der Waals surface area contributed by atoms with Gasteiger partial charge in [-0.1, -0.05) is 43.2 Å². The molecular weight excluding hydrogens is 380 g/mol. The average molecular weight is 406 g/mol. The Bertz CT molecular complexity index is 976. The fourth-order valence-corrected chi connectivity index (χ4v) is 5.39. The molecule has 156 valence electrons. The highest BCUT2D eigenvalue weighted by Gasteiger charge is 2.50. The number of hydrogen-bond donors (Lipinski definition) is 2. The normalized spacial score (nSPS) is 28.0. The van der Waals surface area contributed by atoms with Crippen LogP contribution in [-0.4, -0.2) is 41.0 Å². The third kappa shape index (κ3) is 3.16. The number of nitrogens with zero attached hydrogens (tertiary/aromatic N) is 1. The molecule has 2 amide bonds. The van der Waals surface area contributed by atoms with Gasteiger partial charge < -0.3 is 20.1 Å². The second-order valence-electron chi connectivity index (χ2n) is 8.54. The van der Waals surface area contributed by atoms with Gasteiger partial charge in [-0.2, -0.15) is 0 Å². The molecule has 5 rings (SSSR count). The summed E-state index contributed by atoms with van der Waals surface area (Å²) in [5.74, 6) is 0.325. The van der Waals surface area contributed by atoms with Crippen LogP contribution in [0, 0.1) is 5.92 Å². The van der Waals surface area contributed by atoms with Crippen LogP contribution in [0.2, 0.25) is 0 Å². The van der Waals surface area contributed by atoms with E-state index >= 15 is 0 Å². The van der Waals surface area contributed by atoms with Crippen LogP contribution in [0.15, 0.2) is 48.5 Å². The van der Waals surface area contributed by atoms with E-state index in [-0.39, 0.29) is 30.4 Å². The first-order chi connectivity index (χ1) is 14.6. The fourth-order valence-electron chi connectivity index (χ4n) is 5.39. The van der Waals surface area contributed by atoms with Crippen molar-refractivity contribution >= 4 is 17.5 Å². The van der Waals surface area contributed by atoms with Crippen LogP contribution in [0.1, 0.15) is 48.0 Å². The summed E-state index contributed by atoms with van der Waals surface area (Å²) in [6.45, 7) is 0.475. The molecule has 1 saturated carbocycles. The number of nitrogens with one attached hydrogen (secondary N) is 1. The fraction of sp³-hybridized carbons (Fsp3) is 0.417. The van der Waals surface area contributed by atoms with Crippen molar-refractivity contribution < 1.29 is 19.4 Å². The summed E-state index contributed by atoms with van der Waals surface area (Å²) >= 11 is 0. The Labute approximate surface area is 175 Å². The molecule has 0 spiro atoms. The second-order valence-corrected chi connectivity index (χ2v) is 8.54. The van der Waals surface area contributed by atoms with Crippen LogP contribution in [0.5, 0.6) is 5.75 Å². The molecule has 1 aliphatic carbocycles. The molecule has 2 aromatic carbocycles. The van der Waals surface area contributed by atoms with E-state index in [1.165, 1.54) is 0 Å². The summed E-state index contributed by atoms with van der Waals surface area (Å²) in [4.78, 5) is 26.9. The maximum Gasteiger partial charge on any atom is 0.262 e. The summed E-state index contributed by atoms with van der Waals surface area (Å²) < 4.78 is 5.49. The van der Waals surface area contributed by atoms with Gasteiger partial charge in [-0.25, -0.2) is 0 Å². The summed E-state index contributed by atoms with van der Waals surface area (Å²) in [6, 6.07) is 15.1. The zero-order chi connectivity index (χ0) is 20.7. The smallest absolute Gasteiger partial charge is 0.262 e. The first-order valence-corrected chi connectivity index (χ1v) is 10.7. The van der Waals surface area contributed by atoms with Gasteiger partial charge in [0.05, 0.1) is 11.3 Å². The predicted octanol–water partition coefficient (Wildman–Crippen LogP) is 3.31. The minimum absolute atomic E-state index is 0.0156. The Morgan fingerprint density at radius 1 is 1.13 bits per heavy atom. The van der Waals surface area contributed by atoms with Crippen LogP contribution >= 0.6 is 0 Å². The Kier molecular flexibility index (Phi) is 4.74. The molecule has 2 heterocycles. The molecule has 2 N–H and O–H groups in total. The van der Waals surface area contributed by atoms with Gasteiger partial charge in [0.2, 0.25) is 0 Å². The molecule has 6 nitrogen and oxygen atoms in total. The van der Waals surface area contributed by atoms with E-state index in [0.717, 1.165) is 31.2 Å². The molecule has 30 heavy (non-hydrogen) atoms. The molecule has 1 saturated heterocycles. The Morgan fingerprint density at radius 3 is 2.77 bits per heavy atom. The lowest BCUT2D eigenvalue weighted by atomic mass is 9.66. The molecule has 3 atom stereocenters. The summed E-state index contributed by atoms with van der Waals surface area (Å²) in [6.07, 6.45) is 4.49. The molecule has 0 radical (unpaired) electrons. The Hall–Kier alpha value is -2.86. The van der Waals surface area contributed by atoms with Crippen molar-refractivity contribution in [1.82, 2.24) is 4.90 Å². The summed E-state index contributed by atoms with van der Waals surface area (Å²) in [5, 5.41) is 14.5. The first kappa shape index (κ1) is 19.1. The van der Waals surface area contributed by atoms with E-state index in [9.17, 15) is 14.7 Å². The van der Waals surface area contributed by atoms with E-state index < -0.39 is 5.60 Å². The molecule has 6 heteroatoms. The third-order valence-electron chi connectivity index (χ3n) is 6.87.